The van der Waals surface area contributed by atoms with Crippen molar-refractivity contribution in [3.8, 4) is 0 Å². The molecule has 4 N–H and O–H groups in total. The van der Waals surface area contributed by atoms with Crippen molar-refractivity contribution in [3.05, 3.63) is 3.14 Å². The molecule has 96 valence electrons. The molecule has 1 aromatic rings. The highest BCUT2D eigenvalue weighted by molar-refractivity contribution is 8.05. The average Bonchev–Trinajstić information content (AvgIpc) is 2.52. The van der Waals surface area contributed by atoms with Crippen molar-refractivity contribution in [2.75, 3.05) is 11.5 Å². The van der Waals surface area contributed by atoms with Crippen molar-refractivity contribution >= 4 is 70.4 Å². The van der Waals surface area contributed by atoms with Gasteiger partial charge in [0.25, 0.3) is 0 Å². The fourth-order valence-electron chi connectivity index (χ4n) is 0.687. The molecule has 0 aliphatic carbocycles. The number of carboxylic acids is 2. The second-order valence-corrected chi connectivity index (χ2v) is 8.11. The van der Waals surface area contributed by atoms with Gasteiger partial charge in [-0.1, -0.05) is 12.2 Å². The molecule has 1 aromatic heterocycles. The topological polar surface area (TPSA) is 106 Å². The van der Waals surface area contributed by atoms with E-state index in [1.807, 2.05) is 0 Å². The molecule has 5 nitrogen and oxygen atoms in total. The van der Waals surface area contributed by atoms with Gasteiger partial charge >= 0.3 is 11.9 Å². The van der Waals surface area contributed by atoms with E-state index in [1.54, 1.807) is 0 Å². The van der Waals surface area contributed by atoms with Crippen LogP contribution in [-0.4, -0.2) is 39.1 Å². The maximum atomic E-state index is 10.4. The third-order valence-corrected chi connectivity index (χ3v) is 6.72. The molecule has 0 aromatic carbocycles. The zero-order valence-corrected chi connectivity index (χ0v) is 12.2. The molecule has 1 rings (SSSR count). The molecule has 0 spiro atoms. The van der Waals surface area contributed by atoms with Crippen molar-refractivity contribution in [2.45, 2.75) is 8.42 Å². The van der Waals surface area contributed by atoms with Crippen LogP contribution < -0.4 is 0 Å². The van der Waals surface area contributed by atoms with Crippen molar-refractivity contribution in [1.82, 2.24) is 0 Å². The minimum atomic E-state index is -0.900. The monoisotopic (exact) mass is 332 g/mol. The summed E-state index contributed by atoms with van der Waals surface area (Å²) in [7, 11) is 0. The summed E-state index contributed by atoms with van der Waals surface area (Å²) >= 11 is 10.0. The number of carboxylic acid groups (broad SMARTS) is 2. The summed E-state index contributed by atoms with van der Waals surface area (Å²) in [6.07, 6.45) is 0. The van der Waals surface area contributed by atoms with Crippen LogP contribution in [0.4, 0.5) is 0 Å². The first-order valence-electron chi connectivity index (χ1n) is 3.82. The van der Waals surface area contributed by atoms with Gasteiger partial charge in [-0.3, -0.25) is 9.59 Å². The summed E-state index contributed by atoms with van der Waals surface area (Å²) in [5.41, 5.74) is 0. The van der Waals surface area contributed by atoms with Crippen molar-refractivity contribution in [3.63, 3.8) is 0 Å². The molecule has 0 radical (unpaired) electrons. The molecular weight excluding hydrogens is 324 g/mol. The molecule has 0 bridgehead atoms. The quantitative estimate of drug-likeness (QED) is 0.606. The van der Waals surface area contributed by atoms with E-state index in [1.165, 1.54) is 46.2 Å². The molecule has 0 saturated carbocycles. The Balaban J connectivity index is 0.00000256. The molecular formula is C7H8O5S5. The molecule has 0 saturated heterocycles. The van der Waals surface area contributed by atoms with Crippen LogP contribution in [0, 0.1) is 3.14 Å². The second kappa shape index (κ2) is 8.06. The number of hydrogen-bond acceptors (Lipinski definition) is 7. The van der Waals surface area contributed by atoms with E-state index in [0.29, 0.717) is 3.14 Å². The highest BCUT2D eigenvalue weighted by atomic mass is 32.2. The van der Waals surface area contributed by atoms with Gasteiger partial charge in [0.05, 0.1) is 19.9 Å². The molecule has 0 atom stereocenters. The van der Waals surface area contributed by atoms with Gasteiger partial charge in [-0.15, -0.1) is 46.2 Å². The normalized spacial score (nSPS) is 9.65. The van der Waals surface area contributed by atoms with E-state index < -0.39 is 11.9 Å². The minimum Gasteiger partial charge on any atom is -0.481 e. The van der Waals surface area contributed by atoms with E-state index in [9.17, 15) is 9.59 Å². The Morgan fingerprint density at radius 1 is 1.06 bits per heavy atom. The van der Waals surface area contributed by atoms with Crippen LogP contribution in [0.25, 0.3) is 0 Å². The molecule has 10 heteroatoms. The summed E-state index contributed by atoms with van der Waals surface area (Å²) in [4.78, 5) is 20.8. The number of aliphatic carboxylic acids is 2. The van der Waals surface area contributed by atoms with Gasteiger partial charge in [0.1, 0.15) is 3.14 Å². The van der Waals surface area contributed by atoms with Crippen LogP contribution >= 0.6 is 58.4 Å². The molecule has 0 unspecified atom stereocenters. The molecule has 0 aliphatic heterocycles. The minimum absolute atomic E-state index is 0. The second-order valence-electron chi connectivity index (χ2n) is 2.39. The Morgan fingerprint density at radius 3 is 1.71 bits per heavy atom. The fourth-order valence-corrected chi connectivity index (χ4v) is 6.23. The first kappa shape index (κ1) is 16.9. The van der Waals surface area contributed by atoms with Crippen LogP contribution in [0.5, 0.6) is 0 Å². The smallest absolute Gasteiger partial charge is 0.313 e. The molecule has 0 aliphatic rings. The third kappa shape index (κ3) is 6.38. The Kier molecular flexibility index (Phi) is 8.00. The zero-order chi connectivity index (χ0) is 12.1. The van der Waals surface area contributed by atoms with E-state index in [-0.39, 0.29) is 17.0 Å². The summed E-state index contributed by atoms with van der Waals surface area (Å²) in [6.45, 7) is 0. The van der Waals surface area contributed by atoms with E-state index in [4.69, 9.17) is 22.4 Å². The predicted octanol–water partition coefficient (Wildman–Crippen LogP) is 2.07. The first-order valence-corrected chi connectivity index (χ1v) is 7.83. The number of hydrogen-bond donors (Lipinski definition) is 2. The van der Waals surface area contributed by atoms with E-state index in [0.717, 1.165) is 8.42 Å². The number of rotatable bonds is 6. The Morgan fingerprint density at radius 2 is 1.41 bits per heavy atom. The maximum absolute atomic E-state index is 10.4. The lowest BCUT2D eigenvalue weighted by atomic mass is 10.8. The van der Waals surface area contributed by atoms with Crippen LogP contribution in [0.2, 0.25) is 0 Å². The largest absolute Gasteiger partial charge is 0.481 e. The van der Waals surface area contributed by atoms with Gasteiger partial charge < -0.3 is 15.7 Å². The van der Waals surface area contributed by atoms with Crippen molar-refractivity contribution in [1.29, 1.82) is 0 Å². The standard InChI is InChI=1S/C7H6O4S5.H2O/c8-3(9)1-13-5-6(14-2-4(10)11)16-7(12)15-5;/h1-2H2,(H,8,9)(H,10,11);1H2. The Hall–Kier alpha value is -0.130. The van der Waals surface area contributed by atoms with Crippen molar-refractivity contribution < 1.29 is 25.3 Å². The van der Waals surface area contributed by atoms with Crippen LogP contribution in [0.1, 0.15) is 0 Å². The summed E-state index contributed by atoms with van der Waals surface area (Å²) < 4.78 is 2.27. The lowest BCUT2D eigenvalue weighted by molar-refractivity contribution is -0.134. The SMILES string of the molecule is O.O=C(O)CSc1sc(=S)sc1SCC(=O)O. The third-order valence-electron chi connectivity index (χ3n) is 1.17. The highest BCUT2D eigenvalue weighted by Crippen LogP contribution is 2.40. The predicted molar refractivity (Wildman–Crippen MR) is 73.4 cm³/mol. The van der Waals surface area contributed by atoms with E-state index in [2.05, 4.69) is 0 Å². The van der Waals surface area contributed by atoms with Gasteiger partial charge in [0.2, 0.25) is 0 Å². The van der Waals surface area contributed by atoms with Crippen LogP contribution in [0.3, 0.4) is 0 Å². The van der Waals surface area contributed by atoms with Crippen molar-refractivity contribution in [2.24, 2.45) is 0 Å². The van der Waals surface area contributed by atoms with Gasteiger partial charge in [-0.25, -0.2) is 0 Å². The maximum Gasteiger partial charge on any atom is 0.313 e. The molecule has 0 fully saturated rings. The fraction of sp³-hybridized carbons (Fsp3) is 0.286. The Bertz CT molecular complexity index is 411. The molecule has 17 heavy (non-hydrogen) atoms. The molecule has 0 amide bonds. The zero-order valence-electron chi connectivity index (χ0n) is 8.17. The lowest BCUT2D eigenvalue weighted by Crippen LogP contribution is -1.98. The average molecular weight is 332 g/mol. The first-order chi connectivity index (χ1) is 7.49. The lowest BCUT2D eigenvalue weighted by Gasteiger charge is -1.98. The van der Waals surface area contributed by atoms with Crippen LogP contribution in [0.15, 0.2) is 8.42 Å². The number of carbonyl (C=O) groups is 2. The molecule has 1 heterocycles. The summed E-state index contributed by atoms with van der Waals surface area (Å²) in [6, 6.07) is 0. The Labute approximate surface area is 118 Å². The van der Waals surface area contributed by atoms with Crippen LogP contribution in [-0.2, 0) is 9.59 Å². The highest BCUT2D eigenvalue weighted by Gasteiger charge is 2.11. The van der Waals surface area contributed by atoms with Gasteiger partial charge in [0, 0.05) is 0 Å². The summed E-state index contributed by atoms with van der Waals surface area (Å²) in [5.74, 6) is -1.88. The number of thioether (sulfide) groups is 2. The van der Waals surface area contributed by atoms with E-state index >= 15 is 0 Å². The summed E-state index contributed by atoms with van der Waals surface area (Å²) in [5, 5.41) is 17.1. The van der Waals surface area contributed by atoms with Gasteiger partial charge in [0.15, 0.2) is 0 Å². The van der Waals surface area contributed by atoms with Gasteiger partial charge in [-0.2, -0.15) is 0 Å². The van der Waals surface area contributed by atoms with Gasteiger partial charge in [-0.05, 0) is 0 Å².